The van der Waals surface area contributed by atoms with Gasteiger partial charge in [-0.05, 0) is 18.9 Å². The van der Waals surface area contributed by atoms with Crippen molar-refractivity contribution in [3.63, 3.8) is 0 Å². The summed E-state index contributed by atoms with van der Waals surface area (Å²) >= 11 is 9.26. The van der Waals surface area contributed by atoms with Crippen molar-refractivity contribution in [2.45, 2.75) is 19.8 Å². The number of thiocarbonyl (C=S) groups is 1. The number of benzene rings is 1. The number of ether oxygens (including phenoxy) is 1. The average Bonchev–Trinajstić information content (AvgIpc) is 2.29. The first-order valence-electron chi connectivity index (χ1n) is 5.55. The molecule has 0 N–H and O–H groups in total. The van der Waals surface area contributed by atoms with Crippen LogP contribution in [0.15, 0.2) is 30.3 Å². The summed E-state index contributed by atoms with van der Waals surface area (Å²) in [6.07, 6.45) is 1.02. The lowest BCUT2D eigenvalue weighted by atomic mass is 9.98. The predicted molar refractivity (Wildman–Crippen MR) is 76.5 cm³/mol. The van der Waals surface area contributed by atoms with Crippen molar-refractivity contribution in [3.05, 3.63) is 35.9 Å². The Morgan fingerprint density at radius 2 is 2.06 bits per heavy atom. The molecule has 17 heavy (non-hydrogen) atoms. The zero-order valence-electron chi connectivity index (χ0n) is 9.76. The van der Waals surface area contributed by atoms with Crippen molar-refractivity contribution >= 4 is 35.0 Å². The maximum atomic E-state index is 11.4. The van der Waals surface area contributed by atoms with Gasteiger partial charge in [-0.25, -0.2) is 0 Å². The first-order chi connectivity index (χ1) is 8.13. The Morgan fingerprint density at radius 1 is 1.41 bits per heavy atom. The second-order valence-electron chi connectivity index (χ2n) is 3.73. The Hall–Kier alpha value is -0.870. The Labute approximate surface area is 113 Å². The molecule has 0 aliphatic carbocycles. The minimum Gasteiger partial charge on any atom is -0.466 e. The molecule has 0 bridgehead atoms. The topological polar surface area (TPSA) is 26.3 Å². The lowest BCUT2D eigenvalue weighted by Gasteiger charge is -2.14. The van der Waals surface area contributed by atoms with Crippen molar-refractivity contribution in [3.8, 4) is 0 Å². The lowest BCUT2D eigenvalue weighted by Crippen LogP contribution is -2.17. The Morgan fingerprint density at radius 3 is 2.59 bits per heavy atom. The van der Waals surface area contributed by atoms with Gasteiger partial charge in [0.1, 0.15) is 0 Å². The van der Waals surface area contributed by atoms with Gasteiger partial charge in [-0.2, -0.15) is 0 Å². The molecule has 1 rings (SSSR count). The van der Waals surface area contributed by atoms with E-state index in [2.05, 4.69) is 12.6 Å². The highest BCUT2D eigenvalue weighted by molar-refractivity contribution is 8.11. The van der Waals surface area contributed by atoms with Gasteiger partial charge in [0.25, 0.3) is 0 Å². The zero-order chi connectivity index (χ0) is 12.7. The molecule has 0 aromatic heterocycles. The quantitative estimate of drug-likeness (QED) is 0.488. The zero-order valence-corrected chi connectivity index (χ0v) is 11.5. The predicted octanol–water partition coefficient (Wildman–Crippen LogP) is 3.06. The third-order valence-electron chi connectivity index (χ3n) is 2.39. The van der Waals surface area contributed by atoms with Gasteiger partial charge >= 0.3 is 5.97 Å². The summed E-state index contributed by atoms with van der Waals surface area (Å²) in [5.74, 6) is -0.264. The maximum absolute atomic E-state index is 11.4. The molecule has 0 aliphatic heterocycles. The second kappa shape index (κ2) is 7.45. The highest BCUT2D eigenvalue weighted by Crippen LogP contribution is 2.17. The Bertz CT molecular complexity index is 376. The fourth-order valence-corrected chi connectivity index (χ4v) is 1.92. The molecule has 0 aliphatic rings. The molecular weight excluding hydrogens is 252 g/mol. The van der Waals surface area contributed by atoms with Crippen molar-refractivity contribution in [2.75, 3.05) is 6.61 Å². The van der Waals surface area contributed by atoms with Crippen LogP contribution in [0.5, 0.6) is 0 Å². The highest BCUT2D eigenvalue weighted by Gasteiger charge is 2.17. The number of hydrogen-bond acceptors (Lipinski definition) is 3. The molecule has 4 heteroatoms. The summed E-state index contributed by atoms with van der Waals surface area (Å²) in [5.41, 5.74) is 1.15. The maximum Gasteiger partial charge on any atom is 0.306 e. The molecule has 1 atom stereocenters. The number of rotatable bonds is 6. The van der Waals surface area contributed by atoms with E-state index in [1.165, 1.54) is 0 Å². The van der Waals surface area contributed by atoms with Crippen LogP contribution in [0, 0.1) is 5.92 Å². The van der Waals surface area contributed by atoms with E-state index in [0.717, 1.165) is 12.0 Å². The fraction of sp³-hybridized carbons (Fsp3) is 0.385. The van der Waals surface area contributed by atoms with Gasteiger partial charge in [0.15, 0.2) is 0 Å². The second-order valence-corrected chi connectivity index (χ2v) is 4.96. The SMILES string of the molecule is CCOC(=O)CC(Cc1ccccc1)C(=S)S. The average molecular weight is 268 g/mol. The molecule has 0 saturated heterocycles. The molecule has 1 aromatic carbocycles. The van der Waals surface area contributed by atoms with E-state index in [-0.39, 0.29) is 11.9 Å². The largest absolute Gasteiger partial charge is 0.466 e. The van der Waals surface area contributed by atoms with Gasteiger partial charge in [-0.15, -0.1) is 12.6 Å². The molecule has 0 heterocycles. The molecule has 2 nitrogen and oxygen atoms in total. The van der Waals surface area contributed by atoms with Crippen LogP contribution < -0.4 is 0 Å². The molecule has 0 radical (unpaired) electrons. The van der Waals surface area contributed by atoms with Crippen LogP contribution >= 0.6 is 24.8 Å². The van der Waals surface area contributed by atoms with Crippen LogP contribution in [0.25, 0.3) is 0 Å². The van der Waals surface area contributed by atoms with E-state index in [0.29, 0.717) is 17.2 Å². The Balaban J connectivity index is 2.61. The fourth-order valence-electron chi connectivity index (χ4n) is 1.57. The first-order valence-corrected chi connectivity index (χ1v) is 6.41. The van der Waals surface area contributed by atoms with Crippen LogP contribution in [0.4, 0.5) is 0 Å². The molecule has 0 saturated carbocycles. The van der Waals surface area contributed by atoms with Crippen LogP contribution in [-0.4, -0.2) is 16.8 Å². The molecular formula is C13H16O2S2. The summed E-state index contributed by atoms with van der Waals surface area (Å²) in [7, 11) is 0. The Kier molecular flexibility index (Phi) is 6.22. The van der Waals surface area contributed by atoms with Crippen LogP contribution in [-0.2, 0) is 16.0 Å². The minimum absolute atomic E-state index is 0.0465. The number of esters is 1. The van der Waals surface area contributed by atoms with Crippen LogP contribution in [0.2, 0.25) is 0 Å². The van der Waals surface area contributed by atoms with Gasteiger partial charge in [0, 0.05) is 10.1 Å². The van der Waals surface area contributed by atoms with Crippen molar-refractivity contribution < 1.29 is 9.53 Å². The number of carbonyl (C=O) groups is 1. The van der Waals surface area contributed by atoms with Gasteiger partial charge in [0.2, 0.25) is 0 Å². The van der Waals surface area contributed by atoms with E-state index in [4.69, 9.17) is 17.0 Å². The third kappa shape index (κ3) is 5.33. The lowest BCUT2D eigenvalue weighted by molar-refractivity contribution is -0.143. The molecule has 1 aromatic rings. The molecule has 1 unspecified atom stereocenters. The van der Waals surface area contributed by atoms with Gasteiger partial charge < -0.3 is 4.74 Å². The summed E-state index contributed by atoms with van der Waals surface area (Å²) in [6.45, 7) is 2.19. The molecule has 92 valence electrons. The monoisotopic (exact) mass is 268 g/mol. The normalized spacial score (nSPS) is 11.9. The van der Waals surface area contributed by atoms with Crippen LogP contribution in [0.3, 0.4) is 0 Å². The van der Waals surface area contributed by atoms with E-state index in [9.17, 15) is 4.79 Å². The summed E-state index contributed by atoms with van der Waals surface area (Å²) in [5, 5.41) is 0. The van der Waals surface area contributed by atoms with Crippen molar-refractivity contribution in [1.29, 1.82) is 0 Å². The molecule has 0 amide bonds. The van der Waals surface area contributed by atoms with Gasteiger partial charge in [0.05, 0.1) is 13.0 Å². The van der Waals surface area contributed by atoms with Crippen molar-refractivity contribution in [1.82, 2.24) is 0 Å². The summed E-state index contributed by atoms with van der Waals surface area (Å²) < 4.78 is 5.49. The van der Waals surface area contributed by atoms with E-state index < -0.39 is 0 Å². The van der Waals surface area contributed by atoms with Crippen molar-refractivity contribution in [2.24, 2.45) is 5.92 Å². The van der Waals surface area contributed by atoms with E-state index >= 15 is 0 Å². The molecule has 0 spiro atoms. The van der Waals surface area contributed by atoms with Gasteiger partial charge in [-0.1, -0.05) is 42.5 Å². The minimum atomic E-state index is -0.218. The van der Waals surface area contributed by atoms with E-state index in [1.807, 2.05) is 30.3 Å². The van der Waals surface area contributed by atoms with E-state index in [1.54, 1.807) is 6.92 Å². The summed E-state index contributed by atoms with van der Waals surface area (Å²) in [4.78, 5) is 11.4. The first kappa shape index (κ1) is 14.2. The number of hydrogen-bond donors (Lipinski definition) is 1. The standard InChI is InChI=1S/C13H16O2S2/c1-2-15-12(14)9-11(13(16)17)8-10-6-4-3-5-7-10/h3-7,11H,2,8-9H2,1H3,(H,16,17). The number of thiol groups is 1. The summed E-state index contributed by atoms with van der Waals surface area (Å²) in [6, 6.07) is 9.94. The smallest absolute Gasteiger partial charge is 0.306 e. The molecule has 0 fully saturated rings. The highest BCUT2D eigenvalue weighted by atomic mass is 32.1. The number of carbonyl (C=O) groups excluding carboxylic acids is 1. The van der Waals surface area contributed by atoms with Gasteiger partial charge in [-0.3, -0.25) is 4.79 Å². The third-order valence-corrected chi connectivity index (χ3v) is 3.09. The van der Waals surface area contributed by atoms with Crippen LogP contribution in [0.1, 0.15) is 18.9 Å².